The van der Waals surface area contributed by atoms with E-state index in [9.17, 15) is 31.2 Å². The van der Waals surface area contributed by atoms with Gasteiger partial charge in [0.1, 0.15) is 12.6 Å². The zero-order valence-electron chi connectivity index (χ0n) is 24.3. The van der Waals surface area contributed by atoms with Crippen LogP contribution in [-0.4, -0.2) is 43.8 Å². The maximum absolute atomic E-state index is 14.1. The normalized spacial score (nSPS) is 12.6. The second-order valence-electron chi connectivity index (χ2n) is 10.4. The number of nitrogens with zero attached hydrogens (tertiary/aromatic N) is 2. The minimum absolute atomic E-state index is 0.00343. The number of hydrogen-bond acceptors (Lipinski definition) is 4. The Balaban J connectivity index is 2.14. The van der Waals surface area contributed by atoms with Crippen LogP contribution in [0.4, 0.5) is 18.9 Å². The summed E-state index contributed by atoms with van der Waals surface area (Å²) >= 11 is 0. The highest BCUT2D eigenvalue weighted by molar-refractivity contribution is 7.92. The second kappa shape index (κ2) is 13.4. The van der Waals surface area contributed by atoms with Crippen molar-refractivity contribution in [1.82, 2.24) is 10.2 Å². The number of hydrogen-bond donors (Lipinski definition) is 1. The lowest BCUT2D eigenvalue weighted by Crippen LogP contribution is -2.53. The van der Waals surface area contributed by atoms with Crippen LogP contribution >= 0.6 is 0 Å². The van der Waals surface area contributed by atoms with Crippen LogP contribution in [0.2, 0.25) is 0 Å². The number of rotatable bonds is 11. The van der Waals surface area contributed by atoms with Crippen molar-refractivity contribution in [3.8, 4) is 0 Å². The Hall–Kier alpha value is -3.86. The Morgan fingerprint density at radius 1 is 0.929 bits per heavy atom. The van der Waals surface area contributed by atoms with E-state index in [1.165, 1.54) is 23.1 Å². The summed E-state index contributed by atoms with van der Waals surface area (Å²) in [5, 5.41) is 2.81. The van der Waals surface area contributed by atoms with E-state index in [0.717, 1.165) is 28.8 Å². The third-order valence-corrected chi connectivity index (χ3v) is 8.56. The van der Waals surface area contributed by atoms with Crippen LogP contribution in [0, 0.1) is 13.8 Å². The Labute approximate surface area is 245 Å². The Morgan fingerprint density at radius 2 is 1.57 bits per heavy atom. The number of benzene rings is 3. The fraction of sp³-hybridized carbons (Fsp3) is 0.355. The molecule has 0 saturated carbocycles. The van der Waals surface area contributed by atoms with Crippen LogP contribution in [0.15, 0.2) is 77.7 Å². The highest BCUT2D eigenvalue weighted by atomic mass is 32.2. The molecule has 0 unspecified atom stereocenters. The monoisotopic (exact) mass is 603 g/mol. The van der Waals surface area contributed by atoms with Crippen LogP contribution in [0.5, 0.6) is 0 Å². The predicted molar refractivity (Wildman–Crippen MR) is 156 cm³/mol. The molecule has 0 saturated heterocycles. The van der Waals surface area contributed by atoms with Crippen LogP contribution in [0.1, 0.15) is 49.4 Å². The average molecular weight is 604 g/mol. The van der Waals surface area contributed by atoms with Crippen LogP contribution in [-0.2, 0) is 32.3 Å². The molecule has 0 radical (unpaired) electrons. The van der Waals surface area contributed by atoms with Crippen molar-refractivity contribution in [2.75, 3.05) is 10.8 Å². The quantitative estimate of drug-likeness (QED) is 0.298. The number of aryl methyl sites for hydroxylation is 2. The van der Waals surface area contributed by atoms with Gasteiger partial charge >= 0.3 is 6.18 Å². The first-order valence-electron chi connectivity index (χ1n) is 13.6. The standard InChI is InChI=1S/C31H36F3N3O4S/c1-6-28(30(39)35-21(2)3)36(19-24-11-8-7-10-23(24)5)29(38)20-37(26-13-9-12-25(18-26)31(32,33)34)42(40,41)27-16-14-22(4)15-17-27/h7-18,21,28H,6,19-20H2,1-5H3,(H,35,39)/t28-/m1/s1. The molecule has 0 fully saturated rings. The second-order valence-corrected chi connectivity index (χ2v) is 12.3. The molecule has 0 spiro atoms. The lowest BCUT2D eigenvalue weighted by atomic mass is 10.1. The molecule has 3 aromatic rings. The lowest BCUT2D eigenvalue weighted by Gasteiger charge is -2.34. The third kappa shape index (κ3) is 7.90. The molecule has 0 aliphatic rings. The van der Waals surface area contributed by atoms with Gasteiger partial charge in [0, 0.05) is 12.6 Å². The molecule has 3 aromatic carbocycles. The van der Waals surface area contributed by atoms with Crippen molar-refractivity contribution in [2.24, 2.45) is 0 Å². The van der Waals surface area contributed by atoms with Crippen molar-refractivity contribution in [3.63, 3.8) is 0 Å². The van der Waals surface area contributed by atoms with Crippen molar-refractivity contribution < 1.29 is 31.2 Å². The molecule has 1 N–H and O–H groups in total. The van der Waals surface area contributed by atoms with Gasteiger partial charge in [0.2, 0.25) is 11.8 Å². The number of anilines is 1. The van der Waals surface area contributed by atoms with Crippen molar-refractivity contribution in [1.29, 1.82) is 0 Å². The molecule has 0 bridgehead atoms. The fourth-order valence-corrected chi connectivity index (χ4v) is 5.88. The molecular weight excluding hydrogens is 567 g/mol. The number of sulfonamides is 1. The number of carbonyl (C=O) groups is 2. The summed E-state index contributed by atoms with van der Waals surface area (Å²) in [4.78, 5) is 28.4. The number of alkyl halides is 3. The van der Waals surface area contributed by atoms with Crippen molar-refractivity contribution >= 4 is 27.5 Å². The van der Waals surface area contributed by atoms with Gasteiger partial charge in [0.25, 0.3) is 10.0 Å². The first-order valence-corrected chi connectivity index (χ1v) is 15.0. The lowest BCUT2D eigenvalue weighted by molar-refractivity contribution is -0.140. The summed E-state index contributed by atoms with van der Waals surface area (Å²) in [6, 6.07) is 15.7. The first-order chi connectivity index (χ1) is 19.6. The van der Waals surface area contributed by atoms with E-state index in [1.807, 2.05) is 19.1 Å². The molecule has 226 valence electrons. The summed E-state index contributed by atoms with van der Waals surface area (Å²) in [6.45, 7) is 8.08. The maximum Gasteiger partial charge on any atom is 0.416 e. The van der Waals surface area contributed by atoms with E-state index < -0.39 is 46.2 Å². The van der Waals surface area contributed by atoms with E-state index >= 15 is 0 Å². The Kier molecular flexibility index (Phi) is 10.4. The summed E-state index contributed by atoms with van der Waals surface area (Å²) in [5.41, 5.74) is 0.998. The molecule has 3 rings (SSSR count). The minimum Gasteiger partial charge on any atom is -0.352 e. The SMILES string of the molecule is CC[C@H](C(=O)NC(C)C)N(Cc1ccccc1C)C(=O)CN(c1cccc(C(F)(F)F)c1)S(=O)(=O)c1ccc(C)cc1. The third-order valence-electron chi connectivity index (χ3n) is 6.77. The molecule has 42 heavy (non-hydrogen) atoms. The van der Waals surface area contributed by atoms with Gasteiger partial charge in [-0.25, -0.2) is 8.42 Å². The summed E-state index contributed by atoms with van der Waals surface area (Å²) < 4.78 is 69.3. The highest BCUT2D eigenvalue weighted by Crippen LogP contribution is 2.33. The number of carbonyl (C=O) groups excluding carboxylic acids is 2. The topological polar surface area (TPSA) is 86.8 Å². The summed E-state index contributed by atoms with van der Waals surface area (Å²) in [5.74, 6) is -1.15. The van der Waals surface area contributed by atoms with E-state index in [-0.39, 0.29) is 29.6 Å². The molecule has 2 amide bonds. The molecule has 11 heteroatoms. The Bertz CT molecular complexity index is 1510. The van der Waals surface area contributed by atoms with Gasteiger partial charge in [-0.1, -0.05) is 55.0 Å². The first kappa shape index (κ1) is 32.7. The van der Waals surface area contributed by atoms with E-state index in [1.54, 1.807) is 52.0 Å². The van der Waals surface area contributed by atoms with Gasteiger partial charge in [-0.15, -0.1) is 0 Å². The van der Waals surface area contributed by atoms with Gasteiger partial charge in [-0.05, 0) is 75.6 Å². The molecule has 0 aliphatic carbocycles. The largest absolute Gasteiger partial charge is 0.416 e. The molecule has 0 aromatic heterocycles. The molecule has 7 nitrogen and oxygen atoms in total. The van der Waals surface area contributed by atoms with Gasteiger partial charge in [-0.3, -0.25) is 13.9 Å². The number of halogens is 3. The Morgan fingerprint density at radius 3 is 2.14 bits per heavy atom. The molecule has 0 heterocycles. The summed E-state index contributed by atoms with van der Waals surface area (Å²) in [7, 11) is -4.50. The van der Waals surface area contributed by atoms with Crippen molar-refractivity contribution in [3.05, 3.63) is 95.1 Å². The van der Waals surface area contributed by atoms with Crippen LogP contribution < -0.4 is 9.62 Å². The predicted octanol–water partition coefficient (Wildman–Crippen LogP) is 5.85. The van der Waals surface area contributed by atoms with Gasteiger partial charge in [0.05, 0.1) is 16.1 Å². The zero-order chi connectivity index (χ0) is 31.2. The number of nitrogens with one attached hydrogen (secondary N) is 1. The van der Waals surface area contributed by atoms with E-state index in [2.05, 4.69) is 5.32 Å². The summed E-state index contributed by atoms with van der Waals surface area (Å²) in [6.07, 6.45) is -4.51. The van der Waals surface area contributed by atoms with E-state index in [4.69, 9.17) is 0 Å². The van der Waals surface area contributed by atoms with E-state index in [0.29, 0.717) is 10.4 Å². The maximum atomic E-state index is 14.1. The minimum atomic E-state index is -4.74. The van der Waals surface area contributed by atoms with Gasteiger partial charge in [-0.2, -0.15) is 13.2 Å². The highest BCUT2D eigenvalue weighted by Gasteiger charge is 2.36. The fourth-order valence-electron chi connectivity index (χ4n) is 4.47. The van der Waals surface area contributed by atoms with Crippen LogP contribution in [0.3, 0.4) is 0 Å². The number of amides is 2. The molecule has 0 aliphatic heterocycles. The van der Waals surface area contributed by atoms with Crippen molar-refractivity contribution in [2.45, 2.75) is 70.7 Å². The molecule has 1 atom stereocenters. The smallest absolute Gasteiger partial charge is 0.352 e. The van der Waals surface area contributed by atoms with Crippen LogP contribution in [0.25, 0.3) is 0 Å². The van der Waals surface area contributed by atoms with Gasteiger partial charge in [0.15, 0.2) is 0 Å². The average Bonchev–Trinajstić information content (AvgIpc) is 2.92. The zero-order valence-corrected chi connectivity index (χ0v) is 25.1. The van der Waals surface area contributed by atoms with Gasteiger partial charge < -0.3 is 10.2 Å². The molecular formula is C31H36F3N3O4S.